The summed E-state index contributed by atoms with van der Waals surface area (Å²) < 4.78 is 4.90. The largest absolute Gasteiger partial charge is 0.389 e. The molecule has 0 spiro atoms. The number of benzene rings is 1. The molecule has 0 aromatic heterocycles. The number of nitrogens with two attached hydrogens (primary N) is 1. The van der Waals surface area contributed by atoms with Crippen molar-refractivity contribution in [2.45, 2.75) is 13.0 Å². The number of amides is 1. The SMILES string of the molecule is COC(C)C(=O)Nc1cc(C(N)=S)ccc1Cl. The molecule has 0 bridgehead atoms. The fourth-order valence-corrected chi connectivity index (χ4v) is 1.41. The molecule has 0 aliphatic carbocycles. The van der Waals surface area contributed by atoms with Crippen molar-refractivity contribution in [3.8, 4) is 0 Å². The van der Waals surface area contributed by atoms with Crippen LogP contribution in [0, 0.1) is 0 Å². The standard InChI is InChI=1S/C11H13ClN2O2S/c1-6(16-2)11(15)14-9-5-7(10(13)17)3-4-8(9)12/h3-6H,1-2H3,(H2,13,17)(H,14,15). The van der Waals surface area contributed by atoms with E-state index in [2.05, 4.69) is 5.32 Å². The quantitative estimate of drug-likeness (QED) is 0.823. The average molecular weight is 273 g/mol. The van der Waals surface area contributed by atoms with Crippen LogP contribution in [0.2, 0.25) is 5.02 Å². The van der Waals surface area contributed by atoms with Gasteiger partial charge in [0.25, 0.3) is 5.91 Å². The van der Waals surface area contributed by atoms with E-state index in [1.54, 1.807) is 25.1 Å². The minimum atomic E-state index is -0.556. The molecular weight excluding hydrogens is 260 g/mol. The number of anilines is 1. The summed E-state index contributed by atoms with van der Waals surface area (Å²) in [5.41, 5.74) is 6.61. The van der Waals surface area contributed by atoms with E-state index in [0.29, 0.717) is 16.3 Å². The Hall–Kier alpha value is -1.17. The first-order valence-electron chi connectivity index (χ1n) is 4.88. The van der Waals surface area contributed by atoms with Gasteiger partial charge in [-0.15, -0.1) is 0 Å². The third-order valence-electron chi connectivity index (χ3n) is 2.23. The number of halogens is 1. The molecule has 92 valence electrons. The van der Waals surface area contributed by atoms with Gasteiger partial charge in [0.15, 0.2) is 0 Å². The van der Waals surface area contributed by atoms with Gasteiger partial charge in [-0.2, -0.15) is 0 Å². The van der Waals surface area contributed by atoms with Crippen molar-refractivity contribution in [3.05, 3.63) is 28.8 Å². The summed E-state index contributed by atoms with van der Waals surface area (Å²) in [6, 6.07) is 4.95. The minimum Gasteiger partial charge on any atom is -0.389 e. The van der Waals surface area contributed by atoms with E-state index in [1.165, 1.54) is 7.11 Å². The van der Waals surface area contributed by atoms with E-state index in [-0.39, 0.29) is 10.9 Å². The molecule has 1 aromatic carbocycles. The van der Waals surface area contributed by atoms with Crippen LogP contribution < -0.4 is 11.1 Å². The van der Waals surface area contributed by atoms with Crippen LogP contribution in [0.1, 0.15) is 12.5 Å². The monoisotopic (exact) mass is 272 g/mol. The first kappa shape index (κ1) is 13.9. The maximum atomic E-state index is 11.6. The molecule has 17 heavy (non-hydrogen) atoms. The normalized spacial score (nSPS) is 11.9. The van der Waals surface area contributed by atoms with E-state index in [1.807, 2.05) is 0 Å². The fraction of sp³-hybridized carbons (Fsp3) is 0.273. The van der Waals surface area contributed by atoms with Gasteiger partial charge in [0.2, 0.25) is 0 Å². The lowest BCUT2D eigenvalue weighted by Gasteiger charge is -2.12. The lowest BCUT2D eigenvalue weighted by molar-refractivity contribution is -0.124. The molecule has 0 saturated carbocycles. The molecule has 0 saturated heterocycles. The first-order chi connectivity index (χ1) is 7.95. The van der Waals surface area contributed by atoms with Gasteiger partial charge in [-0.3, -0.25) is 4.79 Å². The van der Waals surface area contributed by atoms with Crippen LogP contribution in [0.3, 0.4) is 0 Å². The second-order valence-electron chi connectivity index (χ2n) is 3.43. The van der Waals surface area contributed by atoms with Gasteiger partial charge >= 0.3 is 0 Å². The molecule has 1 aromatic rings. The number of rotatable bonds is 4. The van der Waals surface area contributed by atoms with Gasteiger partial charge in [-0.1, -0.05) is 29.9 Å². The van der Waals surface area contributed by atoms with Crippen LogP contribution in [0.15, 0.2) is 18.2 Å². The number of carbonyl (C=O) groups is 1. The van der Waals surface area contributed by atoms with Gasteiger partial charge in [0.05, 0.1) is 10.7 Å². The highest BCUT2D eigenvalue weighted by Gasteiger charge is 2.13. The van der Waals surface area contributed by atoms with Crippen molar-refractivity contribution in [1.29, 1.82) is 0 Å². The van der Waals surface area contributed by atoms with Gasteiger partial charge in [-0.05, 0) is 19.1 Å². The second-order valence-corrected chi connectivity index (χ2v) is 4.27. The number of ether oxygens (including phenoxy) is 1. The zero-order chi connectivity index (χ0) is 13.0. The van der Waals surface area contributed by atoms with Gasteiger partial charge in [0.1, 0.15) is 11.1 Å². The van der Waals surface area contributed by atoms with Crippen molar-refractivity contribution in [2.75, 3.05) is 12.4 Å². The van der Waals surface area contributed by atoms with Crippen molar-refractivity contribution in [1.82, 2.24) is 0 Å². The molecule has 1 unspecified atom stereocenters. The van der Waals surface area contributed by atoms with Crippen molar-refractivity contribution in [2.24, 2.45) is 5.73 Å². The number of hydrogen-bond acceptors (Lipinski definition) is 3. The molecule has 1 atom stereocenters. The van der Waals surface area contributed by atoms with Crippen LogP contribution in [0.4, 0.5) is 5.69 Å². The Kier molecular flexibility index (Phi) is 4.86. The number of carbonyl (C=O) groups excluding carboxylic acids is 1. The summed E-state index contributed by atoms with van der Waals surface area (Å²) >= 11 is 10.8. The van der Waals surface area contributed by atoms with Crippen LogP contribution in [0.5, 0.6) is 0 Å². The number of nitrogens with one attached hydrogen (secondary N) is 1. The number of thiocarbonyl (C=S) groups is 1. The van der Waals surface area contributed by atoms with E-state index >= 15 is 0 Å². The zero-order valence-electron chi connectivity index (χ0n) is 9.49. The highest BCUT2D eigenvalue weighted by molar-refractivity contribution is 7.80. The fourth-order valence-electron chi connectivity index (χ4n) is 1.12. The van der Waals surface area contributed by atoms with Gasteiger partial charge < -0.3 is 15.8 Å². The third kappa shape index (κ3) is 3.66. The predicted octanol–water partition coefficient (Wildman–Crippen LogP) is 1.95. The van der Waals surface area contributed by atoms with E-state index in [0.717, 1.165) is 0 Å². The Balaban J connectivity index is 2.94. The maximum Gasteiger partial charge on any atom is 0.253 e. The summed E-state index contributed by atoms with van der Waals surface area (Å²) in [6.07, 6.45) is -0.556. The summed E-state index contributed by atoms with van der Waals surface area (Å²) in [5, 5.41) is 3.06. The van der Waals surface area contributed by atoms with Gasteiger partial charge in [-0.25, -0.2) is 0 Å². The van der Waals surface area contributed by atoms with Crippen LogP contribution in [0.25, 0.3) is 0 Å². The van der Waals surface area contributed by atoms with Crippen LogP contribution in [-0.4, -0.2) is 24.1 Å². The van der Waals surface area contributed by atoms with E-state index in [4.69, 9.17) is 34.3 Å². The summed E-state index contributed by atoms with van der Waals surface area (Å²) in [6.45, 7) is 1.64. The predicted molar refractivity (Wildman–Crippen MR) is 72.4 cm³/mol. The summed E-state index contributed by atoms with van der Waals surface area (Å²) in [4.78, 5) is 11.9. The molecule has 0 fully saturated rings. The molecule has 0 aliphatic heterocycles. The van der Waals surface area contributed by atoms with Crippen molar-refractivity contribution in [3.63, 3.8) is 0 Å². The highest BCUT2D eigenvalue weighted by Crippen LogP contribution is 2.23. The van der Waals surface area contributed by atoms with E-state index < -0.39 is 6.10 Å². The Labute approximate surface area is 110 Å². The lowest BCUT2D eigenvalue weighted by Crippen LogP contribution is -2.26. The van der Waals surface area contributed by atoms with Crippen LogP contribution >= 0.6 is 23.8 Å². The van der Waals surface area contributed by atoms with E-state index in [9.17, 15) is 4.79 Å². The molecule has 0 aliphatic rings. The second kappa shape index (κ2) is 5.95. The maximum absolute atomic E-state index is 11.6. The Morgan fingerprint density at radius 1 is 1.59 bits per heavy atom. The lowest BCUT2D eigenvalue weighted by atomic mass is 10.2. The summed E-state index contributed by atoms with van der Waals surface area (Å²) in [5.74, 6) is -0.283. The Morgan fingerprint density at radius 2 is 2.24 bits per heavy atom. The topological polar surface area (TPSA) is 64.3 Å². The molecule has 6 heteroatoms. The zero-order valence-corrected chi connectivity index (χ0v) is 11.1. The first-order valence-corrected chi connectivity index (χ1v) is 5.67. The number of hydrogen-bond donors (Lipinski definition) is 2. The molecule has 4 nitrogen and oxygen atoms in total. The Bertz CT molecular complexity index is 451. The smallest absolute Gasteiger partial charge is 0.253 e. The molecule has 3 N–H and O–H groups in total. The molecule has 0 heterocycles. The average Bonchev–Trinajstić information content (AvgIpc) is 2.30. The molecular formula is C11H13ClN2O2S. The summed E-state index contributed by atoms with van der Waals surface area (Å²) in [7, 11) is 1.46. The molecule has 0 radical (unpaired) electrons. The van der Waals surface area contributed by atoms with Gasteiger partial charge in [0, 0.05) is 12.7 Å². The highest BCUT2D eigenvalue weighted by atomic mass is 35.5. The molecule has 1 amide bonds. The Morgan fingerprint density at radius 3 is 2.76 bits per heavy atom. The van der Waals surface area contributed by atoms with Crippen LogP contribution in [-0.2, 0) is 9.53 Å². The molecule has 1 rings (SSSR count). The van der Waals surface area contributed by atoms with Crippen molar-refractivity contribution >= 4 is 40.4 Å². The third-order valence-corrected chi connectivity index (χ3v) is 2.80. The minimum absolute atomic E-state index is 0.247. The van der Waals surface area contributed by atoms with Crippen molar-refractivity contribution < 1.29 is 9.53 Å². The number of methoxy groups -OCH3 is 1.